The van der Waals surface area contributed by atoms with Crippen molar-refractivity contribution in [3.8, 4) is 0 Å². The standard InChI is InChI=1S/C25H27F6N3O3S/c1-17-5-7-18(8-6-17)19-13-22(35)34(38(36,37)21-9-10-21)23(14-19,25(29,30)31)20-15-32-33(16-20)12-4-2-3-11-24(26,27)28/h5-8,13,15-16,21H,2-4,9-12,14H2,1H3. The molecule has 0 spiro atoms. The van der Waals surface area contributed by atoms with Crippen molar-refractivity contribution in [2.75, 3.05) is 0 Å². The summed E-state index contributed by atoms with van der Waals surface area (Å²) in [5.41, 5.74) is -2.49. The van der Waals surface area contributed by atoms with Crippen LogP contribution in [0.15, 0.2) is 42.7 Å². The molecule has 1 aromatic carbocycles. The number of hydrogen-bond donors (Lipinski definition) is 0. The highest BCUT2D eigenvalue weighted by Crippen LogP contribution is 2.54. The molecule has 1 unspecified atom stereocenters. The van der Waals surface area contributed by atoms with E-state index in [9.17, 15) is 26.4 Å². The molecule has 2 aromatic rings. The topological polar surface area (TPSA) is 72.3 Å². The molecule has 1 saturated carbocycles. The number of aromatic nitrogens is 2. The zero-order chi connectivity index (χ0) is 27.9. The summed E-state index contributed by atoms with van der Waals surface area (Å²) in [6, 6.07) is 6.51. The molecule has 1 aliphatic carbocycles. The van der Waals surface area contributed by atoms with Gasteiger partial charge in [-0.15, -0.1) is 0 Å². The molecule has 38 heavy (non-hydrogen) atoms. The van der Waals surface area contributed by atoms with E-state index in [0.717, 1.165) is 28.7 Å². The van der Waals surface area contributed by atoms with Crippen molar-refractivity contribution in [1.29, 1.82) is 0 Å². The van der Waals surface area contributed by atoms with Gasteiger partial charge in [0, 0.05) is 37.2 Å². The average molecular weight is 564 g/mol. The molecule has 1 aliphatic heterocycles. The van der Waals surface area contributed by atoms with Gasteiger partial charge in [-0.25, -0.2) is 12.7 Å². The van der Waals surface area contributed by atoms with Crippen LogP contribution in [-0.4, -0.2) is 46.0 Å². The second-order valence-electron chi connectivity index (χ2n) is 9.84. The third-order valence-electron chi connectivity index (χ3n) is 6.84. The molecule has 13 heteroatoms. The minimum atomic E-state index is -5.20. The van der Waals surface area contributed by atoms with Gasteiger partial charge in [0.1, 0.15) is 0 Å². The quantitative estimate of drug-likeness (QED) is 0.282. The lowest BCUT2D eigenvalue weighted by Gasteiger charge is -2.46. The fraction of sp³-hybridized carbons (Fsp3) is 0.520. The molecular formula is C25H27F6N3O3S. The van der Waals surface area contributed by atoms with Crippen LogP contribution in [0.5, 0.6) is 0 Å². The van der Waals surface area contributed by atoms with Crippen molar-refractivity contribution < 1.29 is 39.6 Å². The van der Waals surface area contributed by atoms with Gasteiger partial charge in [-0.05, 0) is 43.7 Å². The van der Waals surface area contributed by atoms with Crippen LogP contribution in [0.3, 0.4) is 0 Å². The van der Waals surface area contributed by atoms with Crippen LogP contribution in [0, 0.1) is 6.92 Å². The molecule has 6 nitrogen and oxygen atoms in total. The predicted octanol–water partition coefficient (Wildman–Crippen LogP) is 5.88. The Morgan fingerprint density at radius 2 is 1.68 bits per heavy atom. The highest BCUT2D eigenvalue weighted by molar-refractivity contribution is 7.90. The summed E-state index contributed by atoms with van der Waals surface area (Å²) in [4.78, 5) is 13.2. The van der Waals surface area contributed by atoms with Gasteiger partial charge in [-0.3, -0.25) is 9.48 Å². The number of amides is 1. The summed E-state index contributed by atoms with van der Waals surface area (Å²) in [5.74, 6) is -1.28. The molecule has 1 aromatic heterocycles. The molecule has 1 amide bonds. The maximum atomic E-state index is 15.1. The van der Waals surface area contributed by atoms with Crippen molar-refractivity contribution >= 4 is 21.5 Å². The fourth-order valence-corrected chi connectivity index (χ4v) is 6.72. The highest BCUT2D eigenvalue weighted by Gasteiger charge is 2.67. The monoisotopic (exact) mass is 563 g/mol. The molecule has 0 N–H and O–H groups in total. The number of rotatable bonds is 9. The SMILES string of the molecule is Cc1ccc(C2=CC(=O)N(S(=O)(=O)C3CC3)C(c3cnn(CCCCCC(F)(F)F)c3)(C(F)(F)F)C2)cc1. The highest BCUT2D eigenvalue weighted by atomic mass is 32.2. The first-order valence-electron chi connectivity index (χ1n) is 12.2. The van der Waals surface area contributed by atoms with Gasteiger partial charge < -0.3 is 0 Å². The molecule has 208 valence electrons. The molecule has 0 radical (unpaired) electrons. The predicted molar refractivity (Wildman–Crippen MR) is 127 cm³/mol. The van der Waals surface area contributed by atoms with Gasteiger partial charge in [-0.2, -0.15) is 31.4 Å². The van der Waals surface area contributed by atoms with Crippen LogP contribution >= 0.6 is 0 Å². The Morgan fingerprint density at radius 1 is 1.03 bits per heavy atom. The van der Waals surface area contributed by atoms with E-state index in [1.807, 2.05) is 0 Å². The van der Waals surface area contributed by atoms with E-state index in [-0.39, 0.29) is 48.5 Å². The van der Waals surface area contributed by atoms with E-state index in [2.05, 4.69) is 5.10 Å². The maximum Gasteiger partial charge on any atom is 0.417 e. The first kappa shape index (κ1) is 28.2. The lowest BCUT2D eigenvalue weighted by atomic mass is 9.79. The Bertz CT molecular complexity index is 1310. The summed E-state index contributed by atoms with van der Waals surface area (Å²) < 4.78 is 110. The molecule has 4 rings (SSSR count). The number of nitrogens with zero attached hydrogens (tertiary/aromatic N) is 3. The van der Waals surface area contributed by atoms with Crippen LogP contribution < -0.4 is 0 Å². The molecule has 0 bridgehead atoms. The van der Waals surface area contributed by atoms with Crippen molar-refractivity contribution in [2.24, 2.45) is 0 Å². The van der Waals surface area contributed by atoms with Crippen molar-refractivity contribution in [3.05, 3.63) is 59.4 Å². The van der Waals surface area contributed by atoms with Crippen molar-refractivity contribution in [1.82, 2.24) is 14.1 Å². The summed E-state index contributed by atoms with van der Waals surface area (Å²) in [6.07, 6.45) is -7.81. The minimum Gasteiger partial charge on any atom is -0.272 e. The second-order valence-corrected chi connectivity index (χ2v) is 11.9. The number of benzene rings is 1. The van der Waals surface area contributed by atoms with E-state index in [0.29, 0.717) is 5.56 Å². The summed E-state index contributed by atoms with van der Waals surface area (Å²) in [6.45, 7) is 1.83. The smallest absolute Gasteiger partial charge is 0.272 e. The van der Waals surface area contributed by atoms with Gasteiger partial charge in [0.05, 0.1) is 11.4 Å². The Hall–Kier alpha value is -2.83. The molecular weight excluding hydrogens is 536 g/mol. The number of carbonyl (C=O) groups is 1. The van der Waals surface area contributed by atoms with Gasteiger partial charge in [0.25, 0.3) is 5.91 Å². The van der Waals surface area contributed by atoms with Gasteiger partial charge >= 0.3 is 12.4 Å². The second kappa shape index (κ2) is 10.0. The van der Waals surface area contributed by atoms with Crippen LogP contribution in [0.1, 0.15) is 61.6 Å². The zero-order valence-electron chi connectivity index (χ0n) is 20.5. The Labute approximate surface area is 216 Å². The van der Waals surface area contributed by atoms with Gasteiger partial charge in [0.15, 0.2) is 5.54 Å². The maximum absolute atomic E-state index is 15.1. The summed E-state index contributed by atoms with van der Waals surface area (Å²) in [7, 11) is -4.64. The van der Waals surface area contributed by atoms with Crippen LogP contribution in [0.4, 0.5) is 26.3 Å². The first-order valence-corrected chi connectivity index (χ1v) is 13.7. The number of hydrogen-bond acceptors (Lipinski definition) is 4. The van der Waals surface area contributed by atoms with E-state index in [4.69, 9.17) is 0 Å². The lowest BCUT2D eigenvalue weighted by Crippen LogP contribution is -2.62. The molecule has 0 saturated heterocycles. The Kier molecular flexibility index (Phi) is 7.45. The van der Waals surface area contributed by atoms with Crippen molar-refractivity contribution in [3.63, 3.8) is 0 Å². The third-order valence-corrected chi connectivity index (χ3v) is 9.15. The molecule has 1 atom stereocenters. The van der Waals surface area contributed by atoms with Crippen LogP contribution in [0.2, 0.25) is 0 Å². The summed E-state index contributed by atoms with van der Waals surface area (Å²) in [5, 5.41) is 2.87. The largest absolute Gasteiger partial charge is 0.417 e. The van der Waals surface area contributed by atoms with E-state index in [1.165, 1.54) is 0 Å². The number of aryl methyl sites for hydroxylation is 2. The number of halogens is 6. The number of alkyl halides is 6. The zero-order valence-corrected chi connectivity index (χ0v) is 21.3. The molecule has 1 fully saturated rings. The molecule has 2 heterocycles. The fourth-order valence-electron chi connectivity index (χ4n) is 4.68. The minimum absolute atomic E-state index is 0.0138. The number of sulfonamides is 1. The summed E-state index contributed by atoms with van der Waals surface area (Å²) >= 11 is 0. The van der Waals surface area contributed by atoms with Gasteiger partial charge in [-0.1, -0.05) is 36.2 Å². The Morgan fingerprint density at radius 3 is 2.26 bits per heavy atom. The lowest BCUT2D eigenvalue weighted by molar-refractivity contribution is -0.221. The van der Waals surface area contributed by atoms with E-state index >= 15 is 13.2 Å². The van der Waals surface area contributed by atoms with E-state index in [1.54, 1.807) is 31.2 Å². The number of unbranched alkanes of at least 4 members (excludes halogenated alkanes) is 2. The average Bonchev–Trinajstić information content (AvgIpc) is 3.57. The first-order chi connectivity index (χ1) is 17.6. The van der Waals surface area contributed by atoms with E-state index < -0.39 is 57.5 Å². The van der Waals surface area contributed by atoms with Crippen molar-refractivity contribution in [2.45, 2.75) is 81.6 Å². The van der Waals surface area contributed by atoms with Gasteiger partial charge in [0.2, 0.25) is 10.0 Å². The third kappa shape index (κ3) is 5.62. The molecule has 2 aliphatic rings. The van der Waals surface area contributed by atoms with Crippen LogP contribution in [0.25, 0.3) is 5.57 Å². The normalized spacial score (nSPS) is 21.1. The number of carbonyl (C=O) groups excluding carboxylic acids is 1. The van der Waals surface area contributed by atoms with Crippen LogP contribution in [-0.2, 0) is 26.9 Å². The Balaban J connectivity index is 1.73.